The molecule has 0 aliphatic heterocycles. The maximum Gasteiger partial charge on any atom is 0.162 e. The molecule has 1 aromatic carbocycles. The minimum Gasteiger partial charge on any atom is -0.204 e. The van der Waals surface area contributed by atoms with E-state index in [1.165, 1.54) is 57.4 Å². The normalized spacial score (nSPS) is 31.2. The summed E-state index contributed by atoms with van der Waals surface area (Å²) >= 11 is 0. The molecule has 0 bridgehead atoms. The van der Waals surface area contributed by atoms with Crippen LogP contribution >= 0.6 is 0 Å². The van der Waals surface area contributed by atoms with Crippen molar-refractivity contribution in [2.24, 2.45) is 23.7 Å². The fraction of sp³-hybridized carbons (Fsp3) is 0.727. The lowest BCUT2D eigenvalue weighted by Crippen LogP contribution is -2.25. The quantitative estimate of drug-likeness (QED) is 0.565. The van der Waals surface area contributed by atoms with Crippen molar-refractivity contribution in [2.75, 3.05) is 0 Å². The number of hydrogen-bond donors (Lipinski definition) is 0. The summed E-state index contributed by atoms with van der Waals surface area (Å²) in [7, 11) is 0. The predicted octanol–water partition coefficient (Wildman–Crippen LogP) is 6.84. The first kappa shape index (κ1) is 17.9. The Labute approximate surface area is 146 Å². The van der Waals surface area contributed by atoms with Gasteiger partial charge in [0, 0.05) is 0 Å². The van der Waals surface area contributed by atoms with Crippen LogP contribution in [0, 0.1) is 42.2 Å². The molecule has 0 aromatic heterocycles. The average Bonchev–Trinajstić information content (AvgIpc) is 2.60. The highest BCUT2D eigenvalue weighted by molar-refractivity contribution is 5.28. The first-order valence-corrected chi connectivity index (χ1v) is 9.98. The third kappa shape index (κ3) is 4.18. The summed E-state index contributed by atoms with van der Waals surface area (Å²) < 4.78 is 27.4. The van der Waals surface area contributed by atoms with Crippen molar-refractivity contribution >= 4 is 0 Å². The van der Waals surface area contributed by atoms with E-state index in [0.29, 0.717) is 17.9 Å². The van der Waals surface area contributed by atoms with Gasteiger partial charge >= 0.3 is 0 Å². The molecule has 0 saturated heterocycles. The summed E-state index contributed by atoms with van der Waals surface area (Å²) in [5, 5.41) is 0. The SMILES string of the molecule is Cc1ccc(F)c(F)c1CCC1CCC(C2CCC(C)CC2)CC1. The highest BCUT2D eigenvalue weighted by atomic mass is 19.2. The molecule has 2 heteroatoms. The van der Waals surface area contributed by atoms with Gasteiger partial charge in [-0.15, -0.1) is 0 Å². The lowest BCUT2D eigenvalue weighted by atomic mass is 9.69. The summed E-state index contributed by atoms with van der Waals surface area (Å²) in [4.78, 5) is 0. The second kappa shape index (κ2) is 7.97. The Morgan fingerprint density at radius 1 is 0.875 bits per heavy atom. The lowest BCUT2D eigenvalue weighted by molar-refractivity contribution is 0.147. The molecular formula is C22H32F2. The zero-order valence-electron chi connectivity index (χ0n) is 15.3. The Balaban J connectivity index is 1.47. The third-order valence-corrected chi connectivity index (χ3v) is 6.85. The summed E-state index contributed by atoms with van der Waals surface area (Å²) in [6.45, 7) is 4.28. The van der Waals surface area contributed by atoms with Crippen molar-refractivity contribution in [2.45, 2.75) is 78.1 Å². The highest BCUT2D eigenvalue weighted by Gasteiger charge is 2.30. The topological polar surface area (TPSA) is 0 Å². The van der Waals surface area contributed by atoms with Gasteiger partial charge in [-0.3, -0.25) is 0 Å². The van der Waals surface area contributed by atoms with Crippen molar-refractivity contribution in [1.82, 2.24) is 0 Å². The van der Waals surface area contributed by atoms with Crippen molar-refractivity contribution in [3.8, 4) is 0 Å². The molecular weight excluding hydrogens is 302 g/mol. The first-order valence-electron chi connectivity index (χ1n) is 9.98. The van der Waals surface area contributed by atoms with E-state index in [4.69, 9.17) is 0 Å². The van der Waals surface area contributed by atoms with E-state index in [-0.39, 0.29) is 0 Å². The molecule has 0 heterocycles. The van der Waals surface area contributed by atoms with E-state index in [1.54, 1.807) is 6.07 Å². The number of hydrogen-bond acceptors (Lipinski definition) is 0. The van der Waals surface area contributed by atoms with Crippen molar-refractivity contribution in [3.63, 3.8) is 0 Å². The van der Waals surface area contributed by atoms with Crippen molar-refractivity contribution in [3.05, 3.63) is 34.9 Å². The van der Waals surface area contributed by atoms with E-state index in [9.17, 15) is 8.78 Å². The van der Waals surface area contributed by atoms with E-state index >= 15 is 0 Å². The van der Waals surface area contributed by atoms with Crippen LogP contribution in [0.1, 0.15) is 75.8 Å². The molecule has 3 rings (SSSR count). The van der Waals surface area contributed by atoms with Gasteiger partial charge in [0.15, 0.2) is 11.6 Å². The van der Waals surface area contributed by atoms with Gasteiger partial charge < -0.3 is 0 Å². The van der Waals surface area contributed by atoms with E-state index in [1.807, 2.05) is 6.92 Å². The fourth-order valence-electron chi connectivity index (χ4n) is 5.05. The molecule has 2 aliphatic rings. The van der Waals surface area contributed by atoms with E-state index in [2.05, 4.69) is 6.92 Å². The van der Waals surface area contributed by atoms with Crippen LogP contribution in [0.2, 0.25) is 0 Å². The van der Waals surface area contributed by atoms with Gasteiger partial charge in [-0.1, -0.05) is 38.7 Å². The largest absolute Gasteiger partial charge is 0.204 e. The Morgan fingerprint density at radius 2 is 1.46 bits per heavy atom. The lowest BCUT2D eigenvalue weighted by Gasteiger charge is -2.37. The smallest absolute Gasteiger partial charge is 0.162 e. The summed E-state index contributed by atoms with van der Waals surface area (Å²) in [6.07, 6.45) is 12.7. The monoisotopic (exact) mass is 334 g/mol. The standard InChI is InChI=1S/C22H32F2/c1-15-3-9-18(10-4-15)19-11-6-17(7-12-19)8-13-20-16(2)5-14-21(23)22(20)24/h5,14-15,17-19H,3-4,6-13H2,1-2H3. The van der Waals surface area contributed by atoms with Gasteiger partial charge in [-0.05, 0) is 86.3 Å². The zero-order valence-corrected chi connectivity index (χ0v) is 15.3. The molecule has 2 saturated carbocycles. The average molecular weight is 334 g/mol. The van der Waals surface area contributed by atoms with Crippen LogP contribution in [0.15, 0.2) is 12.1 Å². The fourth-order valence-corrected chi connectivity index (χ4v) is 5.05. The molecule has 2 fully saturated rings. The Kier molecular flexibility index (Phi) is 5.94. The second-order valence-corrected chi connectivity index (χ2v) is 8.50. The second-order valence-electron chi connectivity index (χ2n) is 8.50. The molecule has 134 valence electrons. The number of rotatable bonds is 4. The maximum atomic E-state index is 14.0. The molecule has 0 amide bonds. The Bertz CT molecular complexity index is 535. The van der Waals surface area contributed by atoms with Gasteiger partial charge in [-0.2, -0.15) is 0 Å². The van der Waals surface area contributed by atoms with Crippen molar-refractivity contribution < 1.29 is 8.78 Å². The molecule has 2 aliphatic carbocycles. The van der Waals surface area contributed by atoms with Gasteiger partial charge in [0.2, 0.25) is 0 Å². The van der Waals surface area contributed by atoms with Crippen LogP contribution in [-0.2, 0) is 6.42 Å². The van der Waals surface area contributed by atoms with Crippen LogP contribution in [0.3, 0.4) is 0 Å². The van der Waals surface area contributed by atoms with E-state index < -0.39 is 11.6 Å². The number of halogens is 2. The van der Waals surface area contributed by atoms with Crippen molar-refractivity contribution in [1.29, 1.82) is 0 Å². The van der Waals surface area contributed by atoms with Crippen LogP contribution in [0.5, 0.6) is 0 Å². The Hall–Kier alpha value is -0.920. The summed E-state index contributed by atoms with van der Waals surface area (Å²) in [5.41, 5.74) is 1.48. The van der Waals surface area contributed by atoms with Crippen LogP contribution in [0.4, 0.5) is 8.78 Å². The van der Waals surface area contributed by atoms with Gasteiger partial charge in [0.05, 0.1) is 0 Å². The maximum absolute atomic E-state index is 14.0. The molecule has 24 heavy (non-hydrogen) atoms. The third-order valence-electron chi connectivity index (χ3n) is 6.85. The molecule has 0 spiro atoms. The van der Waals surface area contributed by atoms with Gasteiger partial charge in [-0.25, -0.2) is 8.78 Å². The molecule has 0 radical (unpaired) electrons. The minimum absolute atomic E-state index is 0.596. The predicted molar refractivity (Wildman–Crippen MR) is 96.0 cm³/mol. The van der Waals surface area contributed by atoms with Crippen LogP contribution in [0.25, 0.3) is 0 Å². The molecule has 0 atom stereocenters. The molecule has 0 nitrogen and oxygen atoms in total. The summed E-state index contributed by atoms with van der Waals surface area (Å²) in [6, 6.07) is 2.94. The summed E-state index contributed by atoms with van der Waals surface area (Å²) in [5.74, 6) is 2.20. The van der Waals surface area contributed by atoms with Crippen LogP contribution in [-0.4, -0.2) is 0 Å². The molecule has 1 aromatic rings. The van der Waals surface area contributed by atoms with E-state index in [0.717, 1.165) is 29.7 Å². The van der Waals surface area contributed by atoms with Gasteiger partial charge in [0.25, 0.3) is 0 Å². The molecule has 0 N–H and O–H groups in total. The number of aryl methyl sites for hydroxylation is 1. The zero-order chi connectivity index (χ0) is 17.1. The minimum atomic E-state index is -0.703. The first-order chi connectivity index (χ1) is 11.5. The Morgan fingerprint density at radius 3 is 2.08 bits per heavy atom. The van der Waals surface area contributed by atoms with Gasteiger partial charge in [0.1, 0.15) is 0 Å². The number of benzene rings is 1. The molecule has 0 unspecified atom stereocenters. The van der Waals surface area contributed by atoms with Crippen LogP contribution < -0.4 is 0 Å². The highest BCUT2D eigenvalue weighted by Crippen LogP contribution is 2.42.